The molecule has 1 aromatic heterocycles. The highest BCUT2D eigenvalue weighted by atomic mass is 32.2. The van der Waals surface area contributed by atoms with Gasteiger partial charge in [0.15, 0.2) is 5.16 Å². The van der Waals surface area contributed by atoms with E-state index in [0.717, 1.165) is 5.56 Å². The van der Waals surface area contributed by atoms with E-state index in [0.29, 0.717) is 16.4 Å². The number of aryl methyl sites for hydroxylation is 1. The van der Waals surface area contributed by atoms with Gasteiger partial charge in [0.1, 0.15) is 0 Å². The number of carbonyl (C=O) groups excluding carboxylic acids is 2. The lowest BCUT2D eigenvalue weighted by molar-refractivity contribution is -0.113. The molecule has 0 bridgehead atoms. The molecule has 114 valence electrons. The number of methoxy groups -OCH3 is 1. The summed E-state index contributed by atoms with van der Waals surface area (Å²) in [4.78, 5) is 31.6. The van der Waals surface area contributed by atoms with Crippen LogP contribution in [0, 0.1) is 6.92 Å². The van der Waals surface area contributed by atoms with E-state index in [9.17, 15) is 9.59 Å². The molecular weight excluding hydrogens is 302 g/mol. The highest BCUT2D eigenvalue weighted by Gasteiger charge is 2.11. The van der Waals surface area contributed by atoms with Crippen LogP contribution in [-0.4, -0.2) is 34.7 Å². The second-order valence-electron chi connectivity index (χ2n) is 4.39. The Labute approximate surface area is 132 Å². The number of benzene rings is 1. The third-order valence-corrected chi connectivity index (χ3v) is 3.68. The first-order valence-electron chi connectivity index (χ1n) is 6.49. The van der Waals surface area contributed by atoms with E-state index in [1.54, 1.807) is 36.7 Å². The Morgan fingerprint density at radius 3 is 2.68 bits per heavy atom. The summed E-state index contributed by atoms with van der Waals surface area (Å²) in [6.07, 6.45) is 3.24. The Morgan fingerprint density at radius 2 is 2.00 bits per heavy atom. The van der Waals surface area contributed by atoms with Crippen molar-refractivity contribution >= 4 is 29.3 Å². The molecule has 0 radical (unpaired) electrons. The van der Waals surface area contributed by atoms with Crippen molar-refractivity contribution in [3.8, 4) is 0 Å². The molecule has 0 fully saturated rings. The van der Waals surface area contributed by atoms with E-state index in [1.165, 1.54) is 18.9 Å². The Bertz CT molecular complexity index is 677. The first-order chi connectivity index (χ1) is 10.6. The Hall–Kier alpha value is -2.41. The first kappa shape index (κ1) is 16.0. The fourth-order valence-electron chi connectivity index (χ4n) is 1.68. The summed E-state index contributed by atoms with van der Waals surface area (Å²) in [7, 11) is 1.32. The van der Waals surface area contributed by atoms with Crippen molar-refractivity contribution in [3.05, 3.63) is 47.8 Å². The molecule has 0 spiro atoms. The molecule has 2 rings (SSSR count). The number of anilines is 1. The Balaban J connectivity index is 2.00. The number of aromatic nitrogens is 2. The highest BCUT2D eigenvalue weighted by molar-refractivity contribution is 7.99. The molecule has 0 aliphatic heterocycles. The van der Waals surface area contributed by atoms with Crippen LogP contribution in [0.4, 0.5) is 5.69 Å². The molecule has 7 heteroatoms. The maximum absolute atomic E-state index is 12.0. The number of amides is 1. The number of hydrogen-bond acceptors (Lipinski definition) is 6. The molecule has 1 N–H and O–H groups in total. The molecule has 1 heterocycles. The molecule has 1 amide bonds. The van der Waals surface area contributed by atoms with Crippen molar-refractivity contribution in [3.63, 3.8) is 0 Å². The van der Waals surface area contributed by atoms with Crippen LogP contribution >= 0.6 is 11.8 Å². The number of esters is 1. The zero-order valence-corrected chi connectivity index (χ0v) is 13.0. The second-order valence-corrected chi connectivity index (χ2v) is 5.33. The lowest BCUT2D eigenvalue weighted by Crippen LogP contribution is -2.15. The molecule has 0 aliphatic carbocycles. The fraction of sp³-hybridized carbons (Fsp3) is 0.200. The summed E-state index contributed by atoms with van der Waals surface area (Å²) in [6.45, 7) is 1.85. The second kappa shape index (κ2) is 7.56. The van der Waals surface area contributed by atoms with Gasteiger partial charge in [-0.3, -0.25) is 4.79 Å². The van der Waals surface area contributed by atoms with Gasteiger partial charge in [-0.1, -0.05) is 17.8 Å². The van der Waals surface area contributed by atoms with E-state index < -0.39 is 5.97 Å². The smallest absolute Gasteiger partial charge is 0.337 e. The number of thioether (sulfide) groups is 1. The minimum Gasteiger partial charge on any atom is -0.465 e. The molecule has 0 saturated carbocycles. The van der Waals surface area contributed by atoms with Crippen LogP contribution in [0.3, 0.4) is 0 Å². The van der Waals surface area contributed by atoms with Crippen molar-refractivity contribution in [2.24, 2.45) is 0 Å². The summed E-state index contributed by atoms with van der Waals surface area (Å²) in [5, 5.41) is 3.32. The summed E-state index contributed by atoms with van der Waals surface area (Å²) >= 11 is 1.24. The van der Waals surface area contributed by atoms with Crippen LogP contribution in [-0.2, 0) is 9.53 Å². The number of hydrogen-bond donors (Lipinski definition) is 1. The standard InChI is InChI=1S/C15H15N3O3S/c1-10-4-5-11(14(20)21-2)8-12(10)18-13(19)9-22-15-16-6-3-7-17-15/h3-8H,9H2,1-2H3,(H,18,19). The van der Waals surface area contributed by atoms with Gasteiger partial charge in [-0.05, 0) is 30.7 Å². The van der Waals surface area contributed by atoms with E-state index in [1.807, 2.05) is 6.92 Å². The summed E-state index contributed by atoms with van der Waals surface area (Å²) in [6, 6.07) is 6.73. The van der Waals surface area contributed by atoms with Crippen LogP contribution in [0.15, 0.2) is 41.8 Å². The summed E-state index contributed by atoms with van der Waals surface area (Å²) in [5.74, 6) is -0.448. The minimum atomic E-state index is -0.442. The number of nitrogens with one attached hydrogen (secondary N) is 1. The van der Waals surface area contributed by atoms with Crippen molar-refractivity contribution in [1.82, 2.24) is 9.97 Å². The molecule has 6 nitrogen and oxygen atoms in total. The maximum atomic E-state index is 12.0. The van der Waals surface area contributed by atoms with E-state index >= 15 is 0 Å². The van der Waals surface area contributed by atoms with Crippen molar-refractivity contribution in [1.29, 1.82) is 0 Å². The van der Waals surface area contributed by atoms with Gasteiger partial charge >= 0.3 is 5.97 Å². The number of carbonyl (C=O) groups is 2. The van der Waals surface area contributed by atoms with Gasteiger partial charge in [-0.25, -0.2) is 14.8 Å². The quantitative estimate of drug-likeness (QED) is 0.518. The Morgan fingerprint density at radius 1 is 1.27 bits per heavy atom. The van der Waals surface area contributed by atoms with Crippen molar-refractivity contribution in [2.75, 3.05) is 18.2 Å². The summed E-state index contributed by atoms with van der Waals surface area (Å²) < 4.78 is 4.67. The van der Waals surface area contributed by atoms with Gasteiger partial charge in [0.25, 0.3) is 0 Å². The van der Waals surface area contributed by atoms with Gasteiger partial charge in [0.05, 0.1) is 18.4 Å². The average Bonchev–Trinajstić information content (AvgIpc) is 2.55. The fourth-order valence-corrected chi connectivity index (χ4v) is 2.28. The van der Waals surface area contributed by atoms with Crippen LogP contribution in [0.2, 0.25) is 0 Å². The monoisotopic (exact) mass is 317 g/mol. The molecule has 0 aliphatic rings. The minimum absolute atomic E-state index is 0.186. The third kappa shape index (κ3) is 4.29. The van der Waals surface area contributed by atoms with Gasteiger partial charge in [-0.2, -0.15) is 0 Å². The lowest BCUT2D eigenvalue weighted by atomic mass is 10.1. The first-order valence-corrected chi connectivity index (χ1v) is 7.47. The van der Waals surface area contributed by atoms with E-state index in [-0.39, 0.29) is 11.7 Å². The van der Waals surface area contributed by atoms with Gasteiger partial charge in [0, 0.05) is 18.1 Å². The van der Waals surface area contributed by atoms with Crippen molar-refractivity contribution in [2.45, 2.75) is 12.1 Å². The topological polar surface area (TPSA) is 81.2 Å². The molecule has 0 saturated heterocycles. The number of ether oxygens (including phenoxy) is 1. The molecule has 0 atom stereocenters. The van der Waals surface area contributed by atoms with Crippen LogP contribution in [0.25, 0.3) is 0 Å². The van der Waals surface area contributed by atoms with Crippen molar-refractivity contribution < 1.29 is 14.3 Å². The molecular formula is C15H15N3O3S. The van der Waals surface area contributed by atoms with E-state index in [4.69, 9.17) is 0 Å². The zero-order valence-electron chi connectivity index (χ0n) is 12.2. The highest BCUT2D eigenvalue weighted by Crippen LogP contribution is 2.19. The van der Waals surface area contributed by atoms with Crippen LogP contribution in [0.5, 0.6) is 0 Å². The molecule has 22 heavy (non-hydrogen) atoms. The maximum Gasteiger partial charge on any atom is 0.337 e. The predicted octanol–water partition coefficient (Wildman–Crippen LogP) is 2.30. The number of rotatable bonds is 5. The summed E-state index contributed by atoms with van der Waals surface area (Å²) in [5.41, 5.74) is 1.84. The van der Waals surface area contributed by atoms with Gasteiger partial charge in [-0.15, -0.1) is 0 Å². The lowest BCUT2D eigenvalue weighted by Gasteiger charge is -2.09. The normalized spacial score (nSPS) is 10.1. The third-order valence-electron chi connectivity index (χ3n) is 2.81. The molecule has 1 aromatic carbocycles. The zero-order chi connectivity index (χ0) is 15.9. The van der Waals surface area contributed by atoms with Gasteiger partial charge in [0.2, 0.25) is 5.91 Å². The SMILES string of the molecule is COC(=O)c1ccc(C)c(NC(=O)CSc2ncccn2)c1. The number of nitrogens with zero attached hydrogens (tertiary/aromatic N) is 2. The molecule has 2 aromatic rings. The van der Waals surface area contributed by atoms with Gasteiger partial charge < -0.3 is 10.1 Å². The van der Waals surface area contributed by atoms with E-state index in [2.05, 4.69) is 20.0 Å². The largest absolute Gasteiger partial charge is 0.465 e. The van der Waals surface area contributed by atoms with Crippen LogP contribution in [0.1, 0.15) is 15.9 Å². The predicted molar refractivity (Wildman–Crippen MR) is 83.9 cm³/mol. The Kier molecular flexibility index (Phi) is 5.48. The average molecular weight is 317 g/mol. The molecule has 0 unspecified atom stereocenters. The van der Waals surface area contributed by atoms with Crippen LogP contribution < -0.4 is 5.32 Å².